The van der Waals surface area contributed by atoms with Gasteiger partial charge in [0.05, 0.1) is 27.0 Å². The first-order valence-electron chi connectivity index (χ1n) is 11.2. The summed E-state index contributed by atoms with van der Waals surface area (Å²) in [5.74, 6) is 0.0171. The number of fused-ring (bicyclic) bond motifs is 2. The summed E-state index contributed by atoms with van der Waals surface area (Å²) in [7, 11) is -3.65. The summed E-state index contributed by atoms with van der Waals surface area (Å²) in [5, 5.41) is 0.867. The van der Waals surface area contributed by atoms with Gasteiger partial charge in [-0.1, -0.05) is 0 Å². The molecular formula is C24H21FN6O2S2. The molecule has 4 aromatic heterocycles. The van der Waals surface area contributed by atoms with Gasteiger partial charge in [-0.05, 0) is 67.7 Å². The van der Waals surface area contributed by atoms with Crippen molar-refractivity contribution in [2.75, 3.05) is 13.1 Å². The van der Waals surface area contributed by atoms with Crippen molar-refractivity contribution in [1.29, 1.82) is 0 Å². The largest absolute Gasteiger partial charge is 0.305 e. The van der Waals surface area contributed by atoms with Crippen LogP contribution >= 0.6 is 11.5 Å². The van der Waals surface area contributed by atoms with Gasteiger partial charge >= 0.3 is 0 Å². The van der Waals surface area contributed by atoms with Crippen molar-refractivity contribution in [1.82, 2.24) is 28.2 Å². The van der Waals surface area contributed by atoms with Crippen LogP contribution in [-0.2, 0) is 10.0 Å². The first kappa shape index (κ1) is 22.2. The van der Waals surface area contributed by atoms with Gasteiger partial charge in [-0.2, -0.15) is 8.68 Å². The number of pyridine rings is 2. The summed E-state index contributed by atoms with van der Waals surface area (Å²) < 4.78 is 50.3. The minimum absolute atomic E-state index is 0.0743. The number of sulfonamides is 1. The third-order valence-electron chi connectivity index (χ3n) is 6.51. The number of benzene rings is 1. The Hall–Kier alpha value is -3.28. The quantitative estimate of drug-likeness (QED) is 0.353. The molecule has 6 rings (SSSR count). The summed E-state index contributed by atoms with van der Waals surface area (Å²) in [6.07, 6.45) is 5.50. The Bertz CT molecular complexity index is 1670. The fourth-order valence-corrected chi connectivity index (χ4v) is 6.97. The molecular weight excluding hydrogens is 487 g/mol. The number of nitrogens with zero attached hydrogens (tertiary/aromatic N) is 6. The highest BCUT2D eigenvalue weighted by Crippen LogP contribution is 2.35. The summed E-state index contributed by atoms with van der Waals surface area (Å²) in [5.41, 5.74) is 2.50. The molecule has 1 aliphatic rings. The minimum Gasteiger partial charge on any atom is -0.305 e. The van der Waals surface area contributed by atoms with Gasteiger partial charge in [0.2, 0.25) is 10.0 Å². The van der Waals surface area contributed by atoms with Crippen LogP contribution in [0.2, 0.25) is 0 Å². The van der Waals surface area contributed by atoms with Crippen molar-refractivity contribution < 1.29 is 12.8 Å². The van der Waals surface area contributed by atoms with Crippen LogP contribution in [0.5, 0.6) is 0 Å². The van der Waals surface area contributed by atoms with Gasteiger partial charge in [0.15, 0.2) is 11.5 Å². The number of rotatable bonds is 4. The lowest BCUT2D eigenvalue weighted by Gasteiger charge is -2.32. The van der Waals surface area contributed by atoms with E-state index in [9.17, 15) is 12.8 Å². The second-order valence-electron chi connectivity index (χ2n) is 8.57. The molecule has 0 aliphatic carbocycles. The smallest absolute Gasteiger partial charge is 0.243 e. The highest BCUT2D eigenvalue weighted by atomic mass is 32.2. The van der Waals surface area contributed by atoms with Gasteiger partial charge < -0.3 is 4.57 Å². The van der Waals surface area contributed by atoms with E-state index in [2.05, 4.69) is 19.3 Å². The van der Waals surface area contributed by atoms with Gasteiger partial charge in [-0.25, -0.2) is 22.8 Å². The van der Waals surface area contributed by atoms with Crippen LogP contribution in [-0.4, -0.2) is 49.7 Å². The fourth-order valence-electron chi connectivity index (χ4n) is 4.71. The predicted octanol–water partition coefficient (Wildman–Crippen LogP) is 4.58. The van der Waals surface area contributed by atoms with E-state index < -0.39 is 15.8 Å². The van der Waals surface area contributed by atoms with Gasteiger partial charge in [-0.3, -0.25) is 4.98 Å². The predicted molar refractivity (Wildman–Crippen MR) is 132 cm³/mol. The Morgan fingerprint density at radius 1 is 1.11 bits per heavy atom. The molecule has 0 atom stereocenters. The molecule has 1 fully saturated rings. The maximum atomic E-state index is 14.6. The van der Waals surface area contributed by atoms with Gasteiger partial charge in [0.25, 0.3) is 0 Å². The number of hydrogen-bond acceptors (Lipinski definition) is 7. The second-order valence-corrected chi connectivity index (χ2v) is 11.3. The third kappa shape index (κ3) is 3.70. The van der Waals surface area contributed by atoms with E-state index in [1.807, 2.05) is 23.6 Å². The monoisotopic (exact) mass is 508 g/mol. The van der Waals surface area contributed by atoms with Crippen molar-refractivity contribution in [2.45, 2.75) is 30.7 Å². The molecule has 5 aromatic rings. The van der Waals surface area contributed by atoms with Crippen molar-refractivity contribution in [2.24, 2.45) is 0 Å². The first-order chi connectivity index (χ1) is 16.9. The van der Waals surface area contributed by atoms with Crippen molar-refractivity contribution in [3.05, 3.63) is 66.5 Å². The van der Waals surface area contributed by atoms with E-state index >= 15 is 0 Å². The van der Waals surface area contributed by atoms with Crippen molar-refractivity contribution >= 4 is 42.8 Å². The van der Waals surface area contributed by atoms with Crippen LogP contribution in [0.4, 0.5) is 4.39 Å². The molecule has 0 N–H and O–H groups in total. The molecule has 5 heterocycles. The van der Waals surface area contributed by atoms with E-state index in [1.165, 1.54) is 28.2 Å². The highest BCUT2D eigenvalue weighted by Gasteiger charge is 2.32. The Labute approximate surface area is 205 Å². The molecule has 1 aromatic carbocycles. The van der Waals surface area contributed by atoms with E-state index in [-0.39, 0.29) is 10.9 Å². The Morgan fingerprint density at radius 2 is 1.94 bits per heavy atom. The molecule has 1 aliphatic heterocycles. The van der Waals surface area contributed by atoms with E-state index in [0.29, 0.717) is 48.5 Å². The lowest BCUT2D eigenvalue weighted by Crippen LogP contribution is -2.39. The summed E-state index contributed by atoms with van der Waals surface area (Å²) in [6, 6.07) is 10.4. The molecule has 0 radical (unpaired) electrons. The molecule has 8 nitrogen and oxygen atoms in total. The third-order valence-corrected chi connectivity index (χ3v) is 9.32. The molecule has 0 saturated carbocycles. The fraction of sp³-hybridized carbons (Fsp3) is 0.250. The Kier molecular flexibility index (Phi) is 5.35. The van der Waals surface area contributed by atoms with E-state index in [4.69, 9.17) is 0 Å². The molecule has 0 amide bonds. The topological polar surface area (TPSA) is 93.9 Å². The standard InChI is InChI=1S/C24H21FN6O2S2/c1-15-19-13-17(4-5-22(19)34-29-15)35(32,33)30-11-7-16(8-12-30)31-23(18-6-10-26-14-20(18)25)28-21-3-2-9-27-24(21)31/h2-6,9-10,13-14,16H,7-8,11-12H2,1H3. The minimum atomic E-state index is -3.65. The highest BCUT2D eigenvalue weighted by molar-refractivity contribution is 7.89. The molecule has 1 saturated heterocycles. The molecule has 178 valence electrons. The van der Waals surface area contributed by atoms with E-state index in [1.54, 1.807) is 30.5 Å². The SMILES string of the molecule is Cc1nsc2ccc(S(=O)(=O)N3CCC(n4c(-c5ccncc5F)nc5cccnc54)CC3)cc12. The van der Waals surface area contributed by atoms with Crippen molar-refractivity contribution in [3.8, 4) is 11.4 Å². The van der Waals surface area contributed by atoms with Gasteiger partial charge in [-0.15, -0.1) is 0 Å². The maximum absolute atomic E-state index is 14.6. The molecule has 11 heteroatoms. The van der Waals surface area contributed by atoms with Crippen LogP contribution in [0.3, 0.4) is 0 Å². The zero-order valence-corrected chi connectivity index (χ0v) is 20.4. The second kappa shape index (κ2) is 8.43. The lowest BCUT2D eigenvalue weighted by molar-refractivity contribution is 0.278. The Morgan fingerprint density at radius 3 is 2.74 bits per heavy atom. The van der Waals surface area contributed by atoms with Crippen LogP contribution in [0.25, 0.3) is 32.6 Å². The summed E-state index contributed by atoms with van der Waals surface area (Å²) in [6.45, 7) is 2.57. The molecule has 0 spiro atoms. The molecule has 0 bridgehead atoms. The zero-order chi connectivity index (χ0) is 24.2. The molecule has 0 unspecified atom stereocenters. The number of piperidine rings is 1. The van der Waals surface area contributed by atoms with Crippen LogP contribution < -0.4 is 0 Å². The number of hydrogen-bond donors (Lipinski definition) is 0. The average Bonchev–Trinajstić information content (AvgIpc) is 3.45. The number of halogens is 1. The van der Waals surface area contributed by atoms with Crippen LogP contribution in [0.15, 0.2) is 59.9 Å². The van der Waals surface area contributed by atoms with Crippen molar-refractivity contribution in [3.63, 3.8) is 0 Å². The van der Waals surface area contributed by atoms with Crippen LogP contribution in [0, 0.1) is 12.7 Å². The van der Waals surface area contributed by atoms with Crippen LogP contribution in [0.1, 0.15) is 24.6 Å². The number of aryl methyl sites for hydroxylation is 1. The maximum Gasteiger partial charge on any atom is 0.243 e. The first-order valence-corrected chi connectivity index (χ1v) is 13.4. The average molecular weight is 509 g/mol. The van der Waals surface area contributed by atoms with E-state index in [0.717, 1.165) is 15.8 Å². The number of imidazole rings is 1. The number of aromatic nitrogens is 5. The lowest BCUT2D eigenvalue weighted by atomic mass is 10.1. The summed E-state index contributed by atoms with van der Waals surface area (Å²) >= 11 is 1.37. The van der Waals surface area contributed by atoms with Gasteiger partial charge in [0.1, 0.15) is 11.3 Å². The normalized spacial score (nSPS) is 15.8. The Balaban J connectivity index is 1.32. The summed E-state index contributed by atoms with van der Waals surface area (Å²) in [4.78, 5) is 13.3. The molecule has 35 heavy (non-hydrogen) atoms. The zero-order valence-electron chi connectivity index (χ0n) is 18.8. The van der Waals surface area contributed by atoms with Gasteiger partial charge in [0, 0.05) is 36.9 Å².